The summed E-state index contributed by atoms with van der Waals surface area (Å²) in [6.45, 7) is 3.64. The average molecular weight is 231 g/mol. The summed E-state index contributed by atoms with van der Waals surface area (Å²) >= 11 is 5.89. The molecule has 15 heavy (non-hydrogen) atoms. The van der Waals surface area contributed by atoms with Gasteiger partial charge in [-0.1, -0.05) is 17.7 Å². The quantitative estimate of drug-likeness (QED) is 0.747. The molecule has 0 aliphatic carbocycles. The predicted molar refractivity (Wildman–Crippen MR) is 56.5 cm³/mol. The minimum absolute atomic E-state index is 0.0772. The van der Waals surface area contributed by atoms with E-state index in [2.05, 4.69) is 0 Å². The Hall–Kier alpha value is -1.09. The van der Waals surface area contributed by atoms with Crippen LogP contribution in [0.15, 0.2) is 12.1 Å². The van der Waals surface area contributed by atoms with Gasteiger partial charge in [0.15, 0.2) is 0 Å². The van der Waals surface area contributed by atoms with Crippen molar-refractivity contribution in [2.24, 2.45) is 0 Å². The fourth-order valence-corrected chi connectivity index (χ4v) is 1.44. The van der Waals surface area contributed by atoms with Gasteiger partial charge in [0.25, 0.3) is 0 Å². The number of benzene rings is 1. The standard InChI is InChI=1S/C11H12ClFO2/c1-3-15-10(14)6-8-4-5-9(13)7(2)11(8)12/h4-5H,3,6H2,1-2H3. The number of carbonyl (C=O) groups is 1. The second-order valence-electron chi connectivity index (χ2n) is 3.13. The fourth-order valence-electron chi connectivity index (χ4n) is 1.22. The van der Waals surface area contributed by atoms with Crippen LogP contribution in [0.3, 0.4) is 0 Å². The number of halogens is 2. The highest BCUT2D eigenvalue weighted by Crippen LogP contribution is 2.23. The molecule has 0 bridgehead atoms. The fraction of sp³-hybridized carbons (Fsp3) is 0.364. The third kappa shape index (κ3) is 2.93. The minimum Gasteiger partial charge on any atom is -0.466 e. The van der Waals surface area contributed by atoms with Crippen molar-refractivity contribution < 1.29 is 13.9 Å². The summed E-state index contributed by atoms with van der Waals surface area (Å²) in [5, 5.41) is 0.294. The van der Waals surface area contributed by atoms with Crippen molar-refractivity contribution >= 4 is 17.6 Å². The Morgan fingerprint density at radius 2 is 2.20 bits per heavy atom. The van der Waals surface area contributed by atoms with Gasteiger partial charge in [0.05, 0.1) is 18.1 Å². The monoisotopic (exact) mass is 230 g/mol. The molecule has 1 aromatic rings. The van der Waals surface area contributed by atoms with Crippen LogP contribution in [0.2, 0.25) is 5.02 Å². The normalized spacial score (nSPS) is 10.1. The third-order valence-corrected chi connectivity index (χ3v) is 2.57. The zero-order valence-corrected chi connectivity index (χ0v) is 9.40. The molecule has 82 valence electrons. The van der Waals surface area contributed by atoms with Gasteiger partial charge in [0.1, 0.15) is 5.82 Å². The summed E-state index contributed by atoms with van der Waals surface area (Å²) in [7, 11) is 0. The van der Waals surface area contributed by atoms with E-state index in [1.807, 2.05) is 0 Å². The Labute approximate surface area is 93.0 Å². The van der Waals surface area contributed by atoms with Gasteiger partial charge in [-0.05, 0) is 25.5 Å². The highest BCUT2D eigenvalue weighted by molar-refractivity contribution is 6.32. The Morgan fingerprint density at radius 1 is 1.53 bits per heavy atom. The van der Waals surface area contributed by atoms with E-state index in [1.54, 1.807) is 13.8 Å². The van der Waals surface area contributed by atoms with E-state index < -0.39 is 0 Å². The van der Waals surface area contributed by atoms with Gasteiger partial charge in [0.2, 0.25) is 0 Å². The van der Waals surface area contributed by atoms with Gasteiger partial charge < -0.3 is 4.74 Å². The molecule has 0 aliphatic rings. The Kier molecular flexibility index (Phi) is 4.09. The van der Waals surface area contributed by atoms with Crippen molar-refractivity contribution in [1.29, 1.82) is 0 Å². The van der Waals surface area contributed by atoms with Crippen molar-refractivity contribution in [3.8, 4) is 0 Å². The lowest BCUT2D eigenvalue weighted by Gasteiger charge is -2.07. The van der Waals surface area contributed by atoms with Gasteiger partial charge in [0, 0.05) is 5.56 Å². The molecule has 0 fully saturated rings. The molecule has 0 atom stereocenters. The van der Waals surface area contributed by atoms with E-state index in [-0.39, 0.29) is 18.2 Å². The van der Waals surface area contributed by atoms with Crippen LogP contribution in [0.1, 0.15) is 18.1 Å². The lowest BCUT2D eigenvalue weighted by molar-refractivity contribution is -0.142. The lowest BCUT2D eigenvalue weighted by atomic mass is 10.1. The van der Waals surface area contributed by atoms with E-state index in [9.17, 15) is 9.18 Å². The Morgan fingerprint density at radius 3 is 2.80 bits per heavy atom. The zero-order valence-electron chi connectivity index (χ0n) is 8.64. The topological polar surface area (TPSA) is 26.3 Å². The third-order valence-electron chi connectivity index (χ3n) is 2.04. The summed E-state index contributed by atoms with van der Waals surface area (Å²) in [6.07, 6.45) is 0.0772. The maximum Gasteiger partial charge on any atom is 0.310 e. The predicted octanol–water partition coefficient (Wildman–Crippen LogP) is 2.89. The van der Waals surface area contributed by atoms with Crippen LogP contribution >= 0.6 is 11.6 Å². The summed E-state index contributed by atoms with van der Waals surface area (Å²) in [5.74, 6) is -0.724. The summed E-state index contributed by atoms with van der Waals surface area (Å²) in [4.78, 5) is 11.2. The van der Waals surface area contributed by atoms with E-state index in [0.717, 1.165) is 0 Å². The number of hydrogen-bond acceptors (Lipinski definition) is 2. The number of hydrogen-bond donors (Lipinski definition) is 0. The van der Waals surface area contributed by atoms with Gasteiger partial charge in [-0.25, -0.2) is 4.39 Å². The molecule has 0 N–H and O–H groups in total. The first-order chi connectivity index (χ1) is 7.06. The minimum atomic E-state index is -0.368. The molecular formula is C11H12ClFO2. The highest BCUT2D eigenvalue weighted by Gasteiger charge is 2.11. The maximum absolute atomic E-state index is 13.0. The number of ether oxygens (including phenoxy) is 1. The molecule has 0 aromatic heterocycles. The zero-order chi connectivity index (χ0) is 11.4. The first-order valence-electron chi connectivity index (χ1n) is 4.65. The molecule has 0 aliphatic heterocycles. The van der Waals surface area contributed by atoms with Crippen molar-refractivity contribution in [2.75, 3.05) is 6.61 Å². The SMILES string of the molecule is CCOC(=O)Cc1ccc(F)c(C)c1Cl. The summed E-state index contributed by atoms with van der Waals surface area (Å²) in [5.41, 5.74) is 0.951. The smallest absolute Gasteiger partial charge is 0.310 e. The molecule has 4 heteroatoms. The molecule has 0 saturated heterocycles. The second-order valence-corrected chi connectivity index (χ2v) is 3.51. The molecule has 1 rings (SSSR count). The molecule has 0 spiro atoms. The van der Waals surface area contributed by atoms with Crippen LogP contribution in [0.5, 0.6) is 0 Å². The molecule has 0 radical (unpaired) electrons. The van der Waals surface area contributed by atoms with Gasteiger partial charge in [-0.3, -0.25) is 4.79 Å². The van der Waals surface area contributed by atoms with Crippen LogP contribution in [0, 0.1) is 12.7 Å². The second kappa shape index (κ2) is 5.12. The summed E-state index contributed by atoms with van der Waals surface area (Å²) in [6, 6.07) is 2.80. The molecule has 0 unspecified atom stereocenters. The molecule has 1 aromatic carbocycles. The van der Waals surface area contributed by atoms with Crippen molar-refractivity contribution in [3.63, 3.8) is 0 Å². The molecule has 0 amide bonds. The van der Waals surface area contributed by atoms with Crippen LogP contribution < -0.4 is 0 Å². The number of carbonyl (C=O) groups excluding carboxylic acids is 1. The van der Waals surface area contributed by atoms with Gasteiger partial charge in [-0.2, -0.15) is 0 Å². The van der Waals surface area contributed by atoms with E-state index in [4.69, 9.17) is 16.3 Å². The molecule has 0 saturated carbocycles. The van der Waals surface area contributed by atoms with Crippen LogP contribution in [0.25, 0.3) is 0 Å². The van der Waals surface area contributed by atoms with Crippen LogP contribution in [-0.4, -0.2) is 12.6 Å². The van der Waals surface area contributed by atoms with Crippen LogP contribution in [0.4, 0.5) is 4.39 Å². The molecule has 2 nitrogen and oxygen atoms in total. The maximum atomic E-state index is 13.0. The lowest BCUT2D eigenvalue weighted by Crippen LogP contribution is -2.08. The number of esters is 1. The molecular weight excluding hydrogens is 219 g/mol. The van der Waals surface area contributed by atoms with Crippen molar-refractivity contribution in [2.45, 2.75) is 20.3 Å². The van der Waals surface area contributed by atoms with Crippen molar-refractivity contribution in [3.05, 3.63) is 34.1 Å². The first kappa shape index (κ1) is 12.0. The van der Waals surface area contributed by atoms with Gasteiger partial charge >= 0.3 is 5.97 Å². The van der Waals surface area contributed by atoms with E-state index in [1.165, 1.54) is 12.1 Å². The van der Waals surface area contributed by atoms with Crippen molar-refractivity contribution in [1.82, 2.24) is 0 Å². The summed E-state index contributed by atoms with van der Waals surface area (Å²) < 4.78 is 17.8. The van der Waals surface area contributed by atoms with E-state index in [0.29, 0.717) is 22.8 Å². The first-order valence-corrected chi connectivity index (χ1v) is 5.03. The average Bonchev–Trinajstić information content (AvgIpc) is 2.20. The number of rotatable bonds is 3. The van der Waals surface area contributed by atoms with E-state index >= 15 is 0 Å². The molecule has 0 heterocycles. The van der Waals surface area contributed by atoms with Crippen LogP contribution in [-0.2, 0) is 16.0 Å². The Bertz CT molecular complexity index is 377. The Balaban J connectivity index is 2.87. The van der Waals surface area contributed by atoms with Gasteiger partial charge in [-0.15, -0.1) is 0 Å². The largest absolute Gasteiger partial charge is 0.466 e. The highest BCUT2D eigenvalue weighted by atomic mass is 35.5.